The summed E-state index contributed by atoms with van der Waals surface area (Å²) in [6.07, 6.45) is 1.67. The normalized spacial score (nSPS) is 13.6. The first kappa shape index (κ1) is 45.8. The highest BCUT2D eigenvalue weighted by molar-refractivity contribution is 9.10. The van der Waals surface area contributed by atoms with Gasteiger partial charge in [-0.1, -0.05) is 36.4 Å². The minimum absolute atomic E-state index is 0.415. The van der Waals surface area contributed by atoms with Gasteiger partial charge in [0.05, 0.1) is 21.0 Å². The largest absolute Gasteiger partial charge is 0.494 e. The summed E-state index contributed by atoms with van der Waals surface area (Å²) in [5.41, 5.74) is 1.32. The first-order valence-electron chi connectivity index (χ1n) is 18.2. The predicted molar refractivity (Wildman–Crippen MR) is 233 cm³/mol. The van der Waals surface area contributed by atoms with Gasteiger partial charge in [-0.05, 0) is 135 Å². The van der Waals surface area contributed by atoms with Crippen LogP contribution in [0.2, 0.25) is 0 Å². The number of aryl methyl sites for hydroxylation is 2. The van der Waals surface area contributed by atoms with Crippen LogP contribution in [-0.2, 0) is 9.31 Å². The smallest absolute Gasteiger partial charge is 0.399 e. The molecule has 2 amide bonds. The van der Waals surface area contributed by atoms with Crippen LogP contribution in [0.1, 0.15) is 77.5 Å². The van der Waals surface area contributed by atoms with Crippen LogP contribution in [0.3, 0.4) is 0 Å². The molecule has 4 aromatic carbocycles. The highest BCUT2D eigenvalue weighted by atomic mass is 79.9. The first-order chi connectivity index (χ1) is 28.3. The van der Waals surface area contributed by atoms with Crippen LogP contribution < -0.4 is 16.1 Å². The van der Waals surface area contributed by atoms with Crippen LogP contribution in [0.25, 0.3) is 11.1 Å². The second-order valence-corrected chi connectivity index (χ2v) is 17.7. The number of rotatable bonds is 8. The van der Waals surface area contributed by atoms with E-state index in [4.69, 9.17) is 9.31 Å². The molecule has 2 N–H and O–H groups in total. The van der Waals surface area contributed by atoms with Gasteiger partial charge in [-0.3, -0.25) is 19.2 Å². The quantitative estimate of drug-likeness (QED) is 0.0894. The minimum Gasteiger partial charge on any atom is -0.399 e. The number of anilines is 2. The summed E-state index contributed by atoms with van der Waals surface area (Å²) in [5.74, 6) is -5.33. The summed E-state index contributed by atoms with van der Waals surface area (Å²) in [7, 11) is -0.520. The molecule has 0 radical (unpaired) electrons. The van der Waals surface area contributed by atoms with Gasteiger partial charge in [0.2, 0.25) is 0 Å². The molecule has 7 rings (SSSR count). The fraction of sp³-hybridized carbons (Fsp3) is 0.182. The van der Waals surface area contributed by atoms with Crippen LogP contribution in [0.15, 0.2) is 102 Å². The monoisotopic (exact) mass is 920 g/mol. The summed E-state index contributed by atoms with van der Waals surface area (Å²) < 4.78 is 67.6. The molecule has 6 aromatic rings. The lowest BCUT2D eigenvalue weighted by Gasteiger charge is -2.32. The van der Waals surface area contributed by atoms with Crippen molar-refractivity contribution >= 4 is 86.9 Å². The van der Waals surface area contributed by atoms with Crippen molar-refractivity contribution in [2.75, 3.05) is 10.6 Å². The predicted octanol–water partition coefficient (Wildman–Crippen LogP) is 11.2. The van der Waals surface area contributed by atoms with Crippen LogP contribution in [0.4, 0.5) is 28.9 Å². The fourth-order valence-electron chi connectivity index (χ4n) is 5.64. The maximum Gasteiger partial charge on any atom is 0.494 e. The van der Waals surface area contributed by atoms with Crippen molar-refractivity contribution < 1.29 is 46.0 Å². The molecule has 0 bridgehead atoms. The molecule has 0 atom stereocenters. The summed E-state index contributed by atoms with van der Waals surface area (Å²) in [6, 6.07) is 23.8. The number of benzene rings is 4. The SMILES string of the molecule is CC1(C)OB(c2ccc(NC(=O)c3c(F)cccc3F)cc2)OC1(C)C.Cc1sc(C=O)cc1-c1ccc(NC(=O)c2c(F)cccc2F)cc1.Cc1sc(C=O)cc1Br. The Balaban J connectivity index is 0.000000189. The van der Waals surface area contributed by atoms with Crippen LogP contribution in [0, 0.1) is 37.1 Å². The van der Waals surface area contributed by atoms with Gasteiger partial charge < -0.3 is 19.9 Å². The van der Waals surface area contributed by atoms with Crippen molar-refractivity contribution in [2.24, 2.45) is 0 Å². The van der Waals surface area contributed by atoms with Gasteiger partial charge >= 0.3 is 7.12 Å². The zero-order chi connectivity index (χ0) is 43.9. The molecular formula is C44H38BBrF4N2O6S2. The molecule has 16 heteroatoms. The Bertz CT molecular complexity index is 2450. The van der Waals surface area contributed by atoms with Crippen molar-refractivity contribution in [3.05, 3.63) is 155 Å². The minimum atomic E-state index is -0.913. The van der Waals surface area contributed by atoms with Gasteiger partial charge in [0.15, 0.2) is 12.6 Å². The van der Waals surface area contributed by atoms with E-state index in [1.165, 1.54) is 34.8 Å². The third kappa shape index (κ3) is 10.9. The number of hydrogen-bond acceptors (Lipinski definition) is 8. The highest BCUT2D eigenvalue weighted by Crippen LogP contribution is 2.36. The van der Waals surface area contributed by atoms with Crippen LogP contribution in [0.5, 0.6) is 0 Å². The van der Waals surface area contributed by atoms with E-state index in [1.807, 2.05) is 47.6 Å². The number of nitrogens with one attached hydrogen (secondary N) is 2. The van der Waals surface area contributed by atoms with E-state index in [0.29, 0.717) is 16.3 Å². The van der Waals surface area contributed by atoms with Crippen molar-refractivity contribution in [3.8, 4) is 11.1 Å². The second kappa shape index (κ2) is 19.4. The number of carbonyl (C=O) groups excluding carboxylic acids is 4. The van der Waals surface area contributed by atoms with Crippen molar-refractivity contribution in [3.63, 3.8) is 0 Å². The van der Waals surface area contributed by atoms with E-state index in [0.717, 1.165) is 72.5 Å². The molecule has 1 aliphatic heterocycles. The number of thiophene rings is 2. The average Bonchev–Trinajstić information content (AvgIpc) is 3.81. The second-order valence-electron chi connectivity index (χ2n) is 14.3. The van der Waals surface area contributed by atoms with Gasteiger partial charge in [0.1, 0.15) is 34.4 Å². The Kier molecular flexibility index (Phi) is 14.8. The molecule has 0 aliphatic carbocycles. The fourth-order valence-corrected chi connectivity index (χ4v) is 7.88. The number of halogens is 5. The Morgan fingerprint density at radius 2 is 1.03 bits per heavy atom. The number of amides is 2. The maximum absolute atomic E-state index is 13.7. The number of aldehydes is 2. The zero-order valence-electron chi connectivity index (χ0n) is 33.1. The average molecular weight is 922 g/mol. The summed E-state index contributed by atoms with van der Waals surface area (Å²) in [5, 5.41) is 4.97. The van der Waals surface area contributed by atoms with Gasteiger partial charge in [0.25, 0.3) is 11.8 Å². The Morgan fingerprint density at radius 1 is 0.633 bits per heavy atom. The molecule has 0 unspecified atom stereocenters. The Morgan fingerprint density at radius 3 is 1.40 bits per heavy atom. The lowest BCUT2D eigenvalue weighted by Crippen LogP contribution is -2.41. The maximum atomic E-state index is 13.7. The molecule has 8 nitrogen and oxygen atoms in total. The molecule has 0 saturated carbocycles. The van der Waals surface area contributed by atoms with E-state index in [9.17, 15) is 36.7 Å². The number of carbonyl (C=O) groups is 4. The lowest BCUT2D eigenvalue weighted by atomic mass is 9.79. The summed E-state index contributed by atoms with van der Waals surface area (Å²) in [6.45, 7) is 11.7. The molecule has 60 heavy (non-hydrogen) atoms. The standard InChI is InChI=1S/C19H20BF2NO3.C19H13F2NO2S.C6H5BrOS/c1-18(2)19(3,4)26-20(25-18)12-8-10-13(11-9-12)23-17(24)16-14(21)6-5-7-15(16)22;1-11-15(9-14(10-23)25-11)12-5-7-13(8-6-12)22-19(24)18-16(20)3-2-4-17(18)21;1-4-6(7)2-5(3-8)9-4/h5-11H,1-4H3,(H,23,24);2-10H,1H3,(H,22,24);2-3H,1H3. The van der Waals surface area contributed by atoms with Gasteiger partial charge in [0, 0.05) is 25.6 Å². The summed E-state index contributed by atoms with van der Waals surface area (Å²) >= 11 is 6.21. The molecule has 1 fully saturated rings. The lowest BCUT2D eigenvalue weighted by molar-refractivity contribution is 0.00578. The van der Waals surface area contributed by atoms with Crippen molar-refractivity contribution in [1.29, 1.82) is 0 Å². The van der Waals surface area contributed by atoms with Gasteiger partial charge in [-0.25, -0.2) is 17.6 Å². The molecule has 1 aliphatic rings. The van der Waals surface area contributed by atoms with Crippen LogP contribution >= 0.6 is 38.6 Å². The van der Waals surface area contributed by atoms with E-state index in [-0.39, 0.29) is 0 Å². The highest BCUT2D eigenvalue weighted by Gasteiger charge is 2.51. The Hall–Kier alpha value is -5.26. The molecule has 0 spiro atoms. The summed E-state index contributed by atoms with van der Waals surface area (Å²) in [4.78, 5) is 48.8. The molecule has 3 heterocycles. The van der Waals surface area contributed by atoms with E-state index in [2.05, 4.69) is 26.6 Å². The molecular weight excluding hydrogens is 883 g/mol. The van der Waals surface area contributed by atoms with Gasteiger partial charge in [-0.15, -0.1) is 22.7 Å². The van der Waals surface area contributed by atoms with E-state index >= 15 is 0 Å². The van der Waals surface area contributed by atoms with E-state index < -0.39 is 64.5 Å². The first-order valence-corrected chi connectivity index (χ1v) is 20.6. The molecule has 2 aromatic heterocycles. The molecule has 310 valence electrons. The molecule has 1 saturated heterocycles. The zero-order valence-corrected chi connectivity index (χ0v) is 36.3. The van der Waals surface area contributed by atoms with Crippen molar-refractivity contribution in [2.45, 2.75) is 52.7 Å². The van der Waals surface area contributed by atoms with Crippen molar-refractivity contribution in [1.82, 2.24) is 0 Å². The third-order valence-electron chi connectivity index (χ3n) is 9.57. The van der Waals surface area contributed by atoms with E-state index in [1.54, 1.807) is 54.6 Å². The van der Waals surface area contributed by atoms with Crippen LogP contribution in [-0.4, -0.2) is 42.7 Å². The topological polar surface area (TPSA) is 111 Å². The van der Waals surface area contributed by atoms with Gasteiger partial charge in [-0.2, -0.15) is 0 Å². The third-order valence-corrected chi connectivity index (χ3v) is 12.6. The Labute approximate surface area is 361 Å². The number of hydrogen-bond donors (Lipinski definition) is 2.